The number of hydrogen-bond acceptors (Lipinski definition) is 2. The fraction of sp³-hybridized carbons (Fsp3) is 0.400. The highest BCUT2D eigenvalue weighted by molar-refractivity contribution is 5.27. The third kappa shape index (κ3) is 2.50. The maximum atomic E-state index is 13.1. The largest absolute Gasteiger partial charge is 0.396 e. The summed E-state index contributed by atoms with van der Waals surface area (Å²) in [5.74, 6) is -0.281. The zero-order valence-electron chi connectivity index (χ0n) is 7.63. The van der Waals surface area contributed by atoms with Crippen molar-refractivity contribution in [2.24, 2.45) is 5.73 Å². The van der Waals surface area contributed by atoms with Gasteiger partial charge in [0, 0.05) is 18.2 Å². The van der Waals surface area contributed by atoms with E-state index in [2.05, 4.69) is 0 Å². The van der Waals surface area contributed by atoms with Gasteiger partial charge in [-0.25, -0.2) is 4.39 Å². The summed E-state index contributed by atoms with van der Waals surface area (Å²) in [6.07, 6.45) is 0.542. The molecule has 0 spiro atoms. The normalized spacial score (nSPS) is 12.9. The second-order valence-corrected chi connectivity index (χ2v) is 3.12. The Morgan fingerprint density at radius 1 is 1.54 bits per heavy atom. The molecule has 0 saturated carbocycles. The van der Waals surface area contributed by atoms with Gasteiger partial charge >= 0.3 is 0 Å². The highest BCUT2D eigenvalue weighted by Gasteiger charge is 2.07. The first-order valence-corrected chi connectivity index (χ1v) is 4.30. The number of aliphatic hydroxyl groups is 1. The summed E-state index contributed by atoms with van der Waals surface area (Å²) in [6.45, 7) is 1.81. The van der Waals surface area contributed by atoms with E-state index in [0.29, 0.717) is 12.0 Å². The van der Waals surface area contributed by atoms with Crippen molar-refractivity contribution in [3.63, 3.8) is 0 Å². The van der Waals surface area contributed by atoms with Gasteiger partial charge in [0.15, 0.2) is 0 Å². The van der Waals surface area contributed by atoms with Crippen molar-refractivity contribution < 1.29 is 9.50 Å². The van der Waals surface area contributed by atoms with Crippen LogP contribution < -0.4 is 5.73 Å². The van der Waals surface area contributed by atoms with Crippen molar-refractivity contribution >= 4 is 0 Å². The van der Waals surface area contributed by atoms with E-state index in [0.717, 1.165) is 5.56 Å². The molecule has 0 amide bonds. The molecule has 3 heteroatoms. The lowest BCUT2D eigenvalue weighted by atomic mass is 10.0. The van der Waals surface area contributed by atoms with E-state index < -0.39 is 0 Å². The van der Waals surface area contributed by atoms with Crippen LogP contribution in [0.25, 0.3) is 0 Å². The third-order valence-electron chi connectivity index (χ3n) is 1.95. The zero-order chi connectivity index (χ0) is 9.84. The van der Waals surface area contributed by atoms with E-state index in [9.17, 15) is 4.39 Å². The number of benzene rings is 1. The number of rotatable bonds is 3. The molecule has 1 atom stereocenters. The molecule has 3 N–H and O–H groups in total. The van der Waals surface area contributed by atoms with Gasteiger partial charge in [-0.3, -0.25) is 0 Å². The molecule has 0 aliphatic rings. The first-order valence-electron chi connectivity index (χ1n) is 4.30. The number of nitrogens with two attached hydrogens (primary N) is 1. The van der Waals surface area contributed by atoms with E-state index in [1.54, 1.807) is 19.1 Å². The molecule has 1 rings (SSSR count). The van der Waals surface area contributed by atoms with Gasteiger partial charge in [-0.2, -0.15) is 0 Å². The molecule has 1 aromatic carbocycles. The van der Waals surface area contributed by atoms with Crippen molar-refractivity contribution in [3.05, 3.63) is 35.1 Å². The smallest absolute Gasteiger partial charge is 0.127 e. The Kier molecular flexibility index (Phi) is 3.39. The molecule has 72 valence electrons. The summed E-state index contributed by atoms with van der Waals surface area (Å²) in [5, 5.41) is 8.69. The van der Waals surface area contributed by atoms with E-state index in [1.165, 1.54) is 6.07 Å². The molecule has 0 fully saturated rings. The van der Waals surface area contributed by atoms with E-state index in [1.807, 2.05) is 0 Å². The van der Waals surface area contributed by atoms with Crippen molar-refractivity contribution in [2.45, 2.75) is 19.4 Å². The van der Waals surface area contributed by atoms with Gasteiger partial charge in [0.2, 0.25) is 0 Å². The van der Waals surface area contributed by atoms with Crippen LogP contribution in [0.3, 0.4) is 0 Å². The van der Waals surface area contributed by atoms with Gasteiger partial charge < -0.3 is 10.8 Å². The van der Waals surface area contributed by atoms with E-state index in [-0.39, 0.29) is 18.5 Å². The molecule has 0 heterocycles. The minimum absolute atomic E-state index is 0.0734. The van der Waals surface area contributed by atoms with Gasteiger partial charge in [0.1, 0.15) is 5.82 Å². The molecule has 0 aliphatic heterocycles. The maximum absolute atomic E-state index is 13.1. The highest BCUT2D eigenvalue weighted by Crippen LogP contribution is 2.16. The number of halogens is 1. The summed E-state index contributed by atoms with van der Waals surface area (Å²) >= 11 is 0. The summed E-state index contributed by atoms with van der Waals surface area (Å²) in [4.78, 5) is 0. The second-order valence-electron chi connectivity index (χ2n) is 3.12. The Morgan fingerprint density at radius 3 is 2.77 bits per heavy atom. The van der Waals surface area contributed by atoms with Crippen molar-refractivity contribution in [3.8, 4) is 0 Å². The fourth-order valence-electron chi connectivity index (χ4n) is 1.23. The summed E-state index contributed by atoms with van der Waals surface area (Å²) in [6, 6.07) is 4.45. The van der Waals surface area contributed by atoms with Gasteiger partial charge in [-0.1, -0.05) is 12.1 Å². The van der Waals surface area contributed by atoms with Crippen LogP contribution in [0.4, 0.5) is 4.39 Å². The first-order chi connectivity index (χ1) is 6.15. The lowest BCUT2D eigenvalue weighted by Gasteiger charge is -2.08. The molecule has 0 bridgehead atoms. The fourth-order valence-corrected chi connectivity index (χ4v) is 1.23. The van der Waals surface area contributed by atoms with E-state index >= 15 is 0 Å². The molecule has 1 unspecified atom stereocenters. The van der Waals surface area contributed by atoms with Crippen molar-refractivity contribution in [1.82, 2.24) is 0 Å². The maximum Gasteiger partial charge on any atom is 0.127 e. The molecule has 1 aromatic rings. The molecular formula is C10H14FNO. The lowest BCUT2D eigenvalue weighted by Crippen LogP contribution is -2.08. The van der Waals surface area contributed by atoms with Gasteiger partial charge in [-0.05, 0) is 25.0 Å². The quantitative estimate of drug-likeness (QED) is 0.743. The van der Waals surface area contributed by atoms with Crippen molar-refractivity contribution in [2.75, 3.05) is 6.61 Å². The average molecular weight is 183 g/mol. The van der Waals surface area contributed by atoms with Crippen LogP contribution in [0.15, 0.2) is 18.2 Å². The molecule has 0 radical (unpaired) electrons. The topological polar surface area (TPSA) is 46.2 Å². The van der Waals surface area contributed by atoms with Crippen LogP contribution in [0, 0.1) is 5.82 Å². The Morgan fingerprint density at radius 2 is 2.23 bits per heavy atom. The number of aliphatic hydroxyl groups excluding tert-OH is 1. The third-order valence-corrected chi connectivity index (χ3v) is 1.95. The molecule has 13 heavy (non-hydrogen) atoms. The Bertz CT molecular complexity index is 286. The molecule has 2 nitrogen and oxygen atoms in total. The molecular weight excluding hydrogens is 169 g/mol. The summed E-state index contributed by atoms with van der Waals surface area (Å²) in [5.41, 5.74) is 7.00. The minimum Gasteiger partial charge on any atom is -0.396 e. The highest BCUT2D eigenvalue weighted by atomic mass is 19.1. The van der Waals surface area contributed by atoms with Crippen LogP contribution in [0.2, 0.25) is 0 Å². The summed E-state index contributed by atoms with van der Waals surface area (Å²) in [7, 11) is 0. The minimum atomic E-state index is -0.307. The van der Waals surface area contributed by atoms with Crippen molar-refractivity contribution in [1.29, 1.82) is 0 Å². The predicted molar refractivity (Wildman–Crippen MR) is 49.8 cm³/mol. The second kappa shape index (κ2) is 4.35. The van der Waals surface area contributed by atoms with Gasteiger partial charge in [0.05, 0.1) is 0 Å². The Hall–Kier alpha value is -0.930. The standard InChI is InChI=1S/C10H14FNO/c1-7(12)9-6-8(4-5-13)2-3-10(9)11/h2-3,6-7,13H,4-5,12H2,1H3. The van der Waals surface area contributed by atoms with Crippen LogP contribution in [-0.4, -0.2) is 11.7 Å². The zero-order valence-corrected chi connectivity index (χ0v) is 7.63. The van der Waals surface area contributed by atoms with Gasteiger partial charge in [0.25, 0.3) is 0 Å². The van der Waals surface area contributed by atoms with Gasteiger partial charge in [-0.15, -0.1) is 0 Å². The molecule has 0 aliphatic carbocycles. The monoisotopic (exact) mass is 183 g/mol. The number of hydrogen-bond donors (Lipinski definition) is 2. The first kappa shape index (κ1) is 10.2. The summed E-state index contributed by atoms with van der Waals surface area (Å²) < 4.78 is 13.1. The molecule has 0 saturated heterocycles. The van der Waals surface area contributed by atoms with Crippen LogP contribution in [0.5, 0.6) is 0 Å². The van der Waals surface area contributed by atoms with Crippen LogP contribution >= 0.6 is 0 Å². The Balaban J connectivity index is 2.97. The van der Waals surface area contributed by atoms with Crippen LogP contribution in [-0.2, 0) is 6.42 Å². The van der Waals surface area contributed by atoms with Crippen LogP contribution in [0.1, 0.15) is 24.1 Å². The average Bonchev–Trinajstić information content (AvgIpc) is 2.08. The predicted octanol–water partition coefficient (Wildman–Crippen LogP) is 1.38. The van der Waals surface area contributed by atoms with E-state index in [4.69, 9.17) is 10.8 Å². The lowest BCUT2D eigenvalue weighted by molar-refractivity contribution is 0.299. The molecule has 0 aromatic heterocycles. The Labute approximate surface area is 77.2 Å². The SMILES string of the molecule is CC(N)c1cc(CCO)ccc1F.